The van der Waals surface area contributed by atoms with Crippen LogP contribution in [0, 0.1) is 17.2 Å². The second-order valence-corrected chi connectivity index (χ2v) is 6.20. The fraction of sp³-hybridized carbons (Fsp3) is 0.562. The highest BCUT2D eigenvalue weighted by Gasteiger charge is 2.34. The normalized spacial score (nSPS) is 26.9. The van der Waals surface area contributed by atoms with Crippen LogP contribution in [0.1, 0.15) is 43.2 Å². The van der Waals surface area contributed by atoms with E-state index in [9.17, 15) is 0 Å². The molecule has 0 aromatic heterocycles. The number of hydrogen-bond acceptors (Lipinski definition) is 2. The first-order valence-corrected chi connectivity index (χ1v) is 7.58. The molecule has 1 saturated carbocycles. The Bertz CT molecular complexity index is 506. The molecule has 0 spiro atoms. The maximum absolute atomic E-state index is 8.88. The fourth-order valence-electron chi connectivity index (χ4n) is 3.72. The van der Waals surface area contributed by atoms with Gasteiger partial charge in [-0.2, -0.15) is 5.26 Å². The minimum atomic E-state index is 0.645. The molecule has 1 aliphatic carbocycles. The molecule has 2 unspecified atom stereocenters. The maximum atomic E-state index is 8.88. The lowest BCUT2D eigenvalue weighted by Gasteiger charge is -2.38. The number of piperidine rings is 1. The van der Waals surface area contributed by atoms with E-state index in [1.165, 1.54) is 38.6 Å². The third-order valence-electron chi connectivity index (χ3n) is 4.66. The van der Waals surface area contributed by atoms with Crippen molar-refractivity contribution >= 4 is 11.6 Å². The Morgan fingerprint density at radius 3 is 2.89 bits per heavy atom. The van der Waals surface area contributed by atoms with Gasteiger partial charge in [0.05, 0.1) is 11.6 Å². The van der Waals surface area contributed by atoms with Crippen molar-refractivity contribution in [3.8, 4) is 6.07 Å². The van der Waals surface area contributed by atoms with Gasteiger partial charge in [-0.3, -0.25) is 4.90 Å². The highest BCUT2D eigenvalue weighted by molar-refractivity contribution is 6.31. The van der Waals surface area contributed by atoms with Crippen LogP contribution >= 0.6 is 11.6 Å². The lowest BCUT2D eigenvalue weighted by atomic mass is 9.91. The number of benzene rings is 1. The van der Waals surface area contributed by atoms with Crippen molar-refractivity contribution in [2.45, 2.75) is 44.7 Å². The Morgan fingerprint density at radius 2 is 2.11 bits per heavy atom. The molecule has 1 aliphatic heterocycles. The van der Waals surface area contributed by atoms with E-state index >= 15 is 0 Å². The van der Waals surface area contributed by atoms with Gasteiger partial charge in [-0.1, -0.05) is 24.1 Å². The van der Waals surface area contributed by atoms with Crippen LogP contribution in [-0.2, 0) is 6.54 Å². The Morgan fingerprint density at radius 1 is 1.26 bits per heavy atom. The molecule has 0 N–H and O–H groups in total. The number of rotatable bonds is 2. The molecule has 19 heavy (non-hydrogen) atoms. The van der Waals surface area contributed by atoms with Crippen molar-refractivity contribution in [1.82, 2.24) is 4.90 Å². The molecular formula is C16H19ClN2. The summed E-state index contributed by atoms with van der Waals surface area (Å²) in [4.78, 5) is 2.61. The van der Waals surface area contributed by atoms with Crippen molar-refractivity contribution in [2.24, 2.45) is 5.92 Å². The molecule has 2 nitrogen and oxygen atoms in total. The van der Waals surface area contributed by atoms with E-state index < -0.39 is 0 Å². The third-order valence-corrected chi connectivity index (χ3v) is 5.02. The smallest absolute Gasteiger partial charge is 0.0992 e. The van der Waals surface area contributed by atoms with Gasteiger partial charge in [-0.15, -0.1) is 0 Å². The molecular weight excluding hydrogens is 256 g/mol. The van der Waals surface area contributed by atoms with E-state index in [1.54, 1.807) is 6.07 Å². The SMILES string of the molecule is N#Cc1ccc(CN2CCCC3CCCC32)c(Cl)c1. The first-order valence-electron chi connectivity index (χ1n) is 7.20. The van der Waals surface area contributed by atoms with Gasteiger partial charge in [-0.05, 0) is 55.8 Å². The Hall–Kier alpha value is -1.04. The van der Waals surface area contributed by atoms with Crippen molar-refractivity contribution in [3.05, 3.63) is 34.3 Å². The fourth-order valence-corrected chi connectivity index (χ4v) is 3.96. The molecule has 100 valence electrons. The van der Waals surface area contributed by atoms with Gasteiger partial charge in [0.25, 0.3) is 0 Å². The molecule has 1 saturated heterocycles. The summed E-state index contributed by atoms with van der Waals surface area (Å²) < 4.78 is 0. The minimum Gasteiger partial charge on any atom is -0.296 e. The van der Waals surface area contributed by atoms with Gasteiger partial charge in [0.2, 0.25) is 0 Å². The van der Waals surface area contributed by atoms with Gasteiger partial charge in [0.15, 0.2) is 0 Å². The first-order chi connectivity index (χ1) is 9.28. The number of likely N-dealkylation sites (tertiary alicyclic amines) is 1. The summed E-state index contributed by atoms with van der Waals surface area (Å²) in [6.07, 6.45) is 6.85. The van der Waals surface area contributed by atoms with Crippen LogP contribution in [0.4, 0.5) is 0 Å². The Balaban J connectivity index is 1.75. The second kappa shape index (κ2) is 5.53. The lowest BCUT2D eigenvalue weighted by Crippen LogP contribution is -2.41. The summed E-state index contributed by atoms with van der Waals surface area (Å²) >= 11 is 6.29. The van der Waals surface area contributed by atoms with Crippen LogP contribution < -0.4 is 0 Å². The largest absolute Gasteiger partial charge is 0.296 e. The zero-order valence-electron chi connectivity index (χ0n) is 11.1. The van der Waals surface area contributed by atoms with Gasteiger partial charge in [0, 0.05) is 17.6 Å². The van der Waals surface area contributed by atoms with E-state index in [1.807, 2.05) is 12.1 Å². The summed E-state index contributed by atoms with van der Waals surface area (Å²) in [5.41, 5.74) is 1.80. The van der Waals surface area contributed by atoms with E-state index in [0.717, 1.165) is 29.1 Å². The van der Waals surface area contributed by atoms with Crippen LogP contribution in [0.2, 0.25) is 5.02 Å². The third kappa shape index (κ3) is 2.63. The zero-order valence-corrected chi connectivity index (χ0v) is 11.9. The molecule has 0 radical (unpaired) electrons. The number of hydrogen-bond donors (Lipinski definition) is 0. The van der Waals surface area contributed by atoms with E-state index in [0.29, 0.717) is 5.56 Å². The van der Waals surface area contributed by atoms with Crippen molar-refractivity contribution in [2.75, 3.05) is 6.54 Å². The zero-order chi connectivity index (χ0) is 13.2. The number of halogens is 1. The maximum Gasteiger partial charge on any atom is 0.0992 e. The molecule has 1 heterocycles. The topological polar surface area (TPSA) is 27.0 Å². The highest BCUT2D eigenvalue weighted by atomic mass is 35.5. The molecule has 1 aromatic carbocycles. The number of fused-ring (bicyclic) bond motifs is 1. The number of nitriles is 1. The average molecular weight is 275 g/mol. The summed E-state index contributed by atoms with van der Waals surface area (Å²) in [6.45, 7) is 2.13. The first kappa shape index (κ1) is 13.0. The molecule has 2 fully saturated rings. The minimum absolute atomic E-state index is 0.645. The monoisotopic (exact) mass is 274 g/mol. The molecule has 1 aromatic rings. The average Bonchev–Trinajstić information content (AvgIpc) is 2.90. The molecule has 0 amide bonds. The lowest BCUT2D eigenvalue weighted by molar-refractivity contribution is 0.106. The summed E-state index contributed by atoms with van der Waals surface area (Å²) in [7, 11) is 0. The summed E-state index contributed by atoms with van der Waals surface area (Å²) in [5, 5.41) is 9.61. The van der Waals surface area contributed by atoms with Gasteiger partial charge >= 0.3 is 0 Å². The van der Waals surface area contributed by atoms with Crippen LogP contribution in [0.25, 0.3) is 0 Å². The quantitative estimate of drug-likeness (QED) is 0.816. The van der Waals surface area contributed by atoms with Crippen LogP contribution in [0.3, 0.4) is 0 Å². The van der Waals surface area contributed by atoms with Crippen molar-refractivity contribution in [1.29, 1.82) is 5.26 Å². The summed E-state index contributed by atoms with van der Waals surface area (Å²) in [5.74, 6) is 0.908. The number of nitrogens with zero attached hydrogens (tertiary/aromatic N) is 2. The van der Waals surface area contributed by atoms with Crippen LogP contribution in [-0.4, -0.2) is 17.5 Å². The predicted molar refractivity (Wildman–Crippen MR) is 76.9 cm³/mol. The van der Waals surface area contributed by atoms with E-state index in [-0.39, 0.29) is 0 Å². The van der Waals surface area contributed by atoms with Crippen molar-refractivity contribution in [3.63, 3.8) is 0 Å². The standard InChI is InChI=1S/C16H19ClN2/c17-15-9-12(10-18)6-7-14(15)11-19-8-2-4-13-3-1-5-16(13)19/h6-7,9,13,16H,1-5,8,11H2. The van der Waals surface area contributed by atoms with Crippen LogP contribution in [0.5, 0.6) is 0 Å². The highest BCUT2D eigenvalue weighted by Crippen LogP contribution is 2.37. The van der Waals surface area contributed by atoms with E-state index in [2.05, 4.69) is 11.0 Å². The van der Waals surface area contributed by atoms with Crippen LogP contribution in [0.15, 0.2) is 18.2 Å². The molecule has 2 atom stereocenters. The van der Waals surface area contributed by atoms with Gasteiger partial charge in [0.1, 0.15) is 0 Å². The Labute approximate surface area is 120 Å². The van der Waals surface area contributed by atoms with Gasteiger partial charge in [-0.25, -0.2) is 0 Å². The molecule has 0 bridgehead atoms. The second-order valence-electron chi connectivity index (χ2n) is 5.79. The van der Waals surface area contributed by atoms with Crippen molar-refractivity contribution < 1.29 is 0 Å². The molecule has 3 heteroatoms. The Kier molecular flexibility index (Phi) is 3.77. The molecule has 3 rings (SSSR count). The van der Waals surface area contributed by atoms with Gasteiger partial charge < -0.3 is 0 Å². The molecule has 2 aliphatic rings. The van der Waals surface area contributed by atoms with E-state index in [4.69, 9.17) is 16.9 Å². The predicted octanol–water partition coefficient (Wildman–Crippen LogP) is 3.98. The summed E-state index contributed by atoms with van der Waals surface area (Å²) in [6, 6.07) is 8.57.